The van der Waals surface area contributed by atoms with Crippen molar-refractivity contribution >= 4 is 29.5 Å². The summed E-state index contributed by atoms with van der Waals surface area (Å²) in [5.74, 6) is -0.0231. The van der Waals surface area contributed by atoms with Crippen molar-refractivity contribution in [3.05, 3.63) is 65.7 Å². The summed E-state index contributed by atoms with van der Waals surface area (Å²) >= 11 is -1.38. The second kappa shape index (κ2) is 12.3. The molecule has 0 spiro atoms. The Kier molecular flexibility index (Phi) is 8.91. The fraction of sp³-hybridized carbons (Fsp3) is 0.417. The van der Waals surface area contributed by atoms with Gasteiger partial charge in [0, 0.05) is 38.5 Å². The summed E-state index contributed by atoms with van der Waals surface area (Å²) in [6.45, 7) is 7.57. The van der Waals surface area contributed by atoms with Gasteiger partial charge in [0.25, 0.3) is 6.43 Å². The minimum atomic E-state index is -2.62. The number of alkyl halides is 2. The summed E-state index contributed by atoms with van der Waals surface area (Å²) < 4.78 is 53.0. The number of nitrogens with zero attached hydrogens (tertiary/aromatic N) is 5. The molecule has 11 heteroatoms. The van der Waals surface area contributed by atoms with Crippen LogP contribution in [0.15, 0.2) is 64.8 Å². The zero-order valence-electron chi connectivity index (χ0n) is 19.3. The Balaban J connectivity index is 1.46. The third kappa shape index (κ3) is 6.69. The van der Waals surface area contributed by atoms with Gasteiger partial charge in [0.15, 0.2) is 17.8 Å². The van der Waals surface area contributed by atoms with Crippen LogP contribution in [0.4, 0.5) is 14.5 Å². The van der Waals surface area contributed by atoms with Crippen LogP contribution in [-0.2, 0) is 27.2 Å². The molecular formula is C24H29F2N5O3S. The van der Waals surface area contributed by atoms with E-state index in [1.165, 1.54) is 0 Å². The molecule has 0 bridgehead atoms. The summed E-state index contributed by atoms with van der Waals surface area (Å²) in [5, 5.41) is 7.12. The van der Waals surface area contributed by atoms with E-state index in [-0.39, 0.29) is 5.90 Å². The van der Waals surface area contributed by atoms with Crippen molar-refractivity contribution in [2.75, 3.05) is 50.3 Å². The van der Waals surface area contributed by atoms with Crippen molar-refractivity contribution in [2.45, 2.75) is 19.0 Å². The quantitative estimate of drug-likeness (QED) is 0.283. The fourth-order valence-electron chi connectivity index (χ4n) is 3.92. The van der Waals surface area contributed by atoms with Crippen molar-refractivity contribution in [2.24, 2.45) is 10.2 Å². The van der Waals surface area contributed by atoms with Gasteiger partial charge in [0.05, 0.1) is 31.5 Å². The molecule has 2 aliphatic rings. The van der Waals surface area contributed by atoms with E-state index in [0.29, 0.717) is 31.2 Å². The summed E-state index contributed by atoms with van der Waals surface area (Å²) in [6, 6.07) is 17.2. The predicted molar refractivity (Wildman–Crippen MR) is 133 cm³/mol. The minimum Gasteiger partial charge on any atom is -0.470 e. The third-order valence-electron chi connectivity index (χ3n) is 5.90. The van der Waals surface area contributed by atoms with Crippen LogP contribution in [0.5, 0.6) is 0 Å². The van der Waals surface area contributed by atoms with Gasteiger partial charge in [-0.25, -0.2) is 17.3 Å². The number of rotatable bonds is 10. The summed E-state index contributed by atoms with van der Waals surface area (Å²) in [4.78, 5) is 2.40. The van der Waals surface area contributed by atoms with Crippen LogP contribution in [-0.4, -0.2) is 84.5 Å². The molecule has 1 unspecified atom stereocenters. The van der Waals surface area contributed by atoms with Crippen molar-refractivity contribution in [3.63, 3.8) is 0 Å². The van der Waals surface area contributed by atoms with Crippen LogP contribution >= 0.6 is 0 Å². The molecule has 2 heterocycles. The summed E-state index contributed by atoms with van der Waals surface area (Å²) in [5.41, 5.74) is 2.25. The first kappa shape index (κ1) is 25.4. The van der Waals surface area contributed by atoms with E-state index in [1.807, 2.05) is 51.1 Å². The minimum absolute atomic E-state index is 0.0231. The maximum atomic E-state index is 13.7. The van der Waals surface area contributed by atoms with Gasteiger partial charge in [0.1, 0.15) is 0 Å². The molecule has 2 saturated heterocycles. The third-order valence-corrected chi connectivity index (χ3v) is 7.42. The first-order valence-electron chi connectivity index (χ1n) is 11.4. The van der Waals surface area contributed by atoms with Crippen molar-refractivity contribution in [1.82, 2.24) is 9.21 Å². The smallest absolute Gasteiger partial charge is 0.272 e. The SMILES string of the molecule is C=N/N=C(\OCC(F)F)c1ccc(CN(c2ccccc2)S(=O)N2CCN(C3COC3)CC2)cc1. The van der Waals surface area contributed by atoms with E-state index in [2.05, 4.69) is 21.8 Å². The normalized spacial score (nSPS) is 18.8. The van der Waals surface area contributed by atoms with E-state index in [4.69, 9.17) is 9.47 Å². The molecule has 0 aliphatic carbocycles. The number of halogens is 2. The van der Waals surface area contributed by atoms with Crippen LogP contribution in [0.1, 0.15) is 11.1 Å². The first-order chi connectivity index (χ1) is 17.0. The second-order valence-corrected chi connectivity index (χ2v) is 9.62. The van der Waals surface area contributed by atoms with E-state index in [0.717, 1.165) is 37.6 Å². The lowest BCUT2D eigenvalue weighted by Crippen LogP contribution is -2.57. The second-order valence-electron chi connectivity index (χ2n) is 8.20. The van der Waals surface area contributed by atoms with E-state index >= 15 is 0 Å². The molecule has 2 aliphatic heterocycles. The maximum Gasteiger partial charge on any atom is 0.272 e. The highest BCUT2D eigenvalue weighted by molar-refractivity contribution is 7.84. The van der Waals surface area contributed by atoms with Gasteiger partial charge in [-0.1, -0.05) is 30.3 Å². The van der Waals surface area contributed by atoms with Gasteiger partial charge >= 0.3 is 0 Å². The molecule has 2 aromatic carbocycles. The van der Waals surface area contributed by atoms with Crippen molar-refractivity contribution in [1.29, 1.82) is 0 Å². The molecule has 188 valence electrons. The Morgan fingerprint density at radius 2 is 1.80 bits per heavy atom. The molecule has 4 rings (SSSR count). The number of hydrogen-bond donors (Lipinski definition) is 0. The van der Waals surface area contributed by atoms with Crippen LogP contribution in [0.2, 0.25) is 0 Å². The van der Waals surface area contributed by atoms with Gasteiger partial charge in [-0.15, -0.1) is 5.10 Å². The average Bonchev–Trinajstić information content (AvgIpc) is 2.85. The lowest BCUT2D eigenvalue weighted by molar-refractivity contribution is -0.0719. The lowest BCUT2D eigenvalue weighted by Gasteiger charge is -2.42. The number of ether oxygens (including phenoxy) is 2. The van der Waals surface area contributed by atoms with Crippen molar-refractivity contribution < 1.29 is 22.5 Å². The molecule has 0 radical (unpaired) electrons. The van der Waals surface area contributed by atoms with Crippen LogP contribution in [0.3, 0.4) is 0 Å². The molecule has 1 atom stereocenters. The van der Waals surface area contributed by atoms with Crippen molar-refractivity contribution in [3.8, 4) is 0 Å². The number of para-hydroxylation sites is 1. The Morgan fingerprint density at radius 3 is 2.37 bits per heavy atom. The van der Waals surface area contributed by atoms with Gasteiger partial charge in [-0.2, -0.15) is 5.10 Å². The number of piperazine rings is 1. The molecule has 0 saturated carbocycles. The van der Waals surface area contributed by atoms with Gasteiger partial charge in [-0.05, 0) is 29.8 Å². The number of benzene rings is 2. The Labute approximate surface area is 206 Å². The van der Waals surface area contributed by atoms with Gasteiger partial charge in [0.2, 0.25) is 5.90 Å². The zero-order valence-corrected chi connectivity index (χ0v) is 20.2. The van der Waals surface area contributed by atoms with Gasteiger partial charge in [-0.3, -0.25) is 9.21 Å². The lowest BCUT2D eigenvalue weighted by atomic mass is 10.1. The first-order valence-corrected chi connectivity index (χ1v) is 12.5. The standard InChI is InChI=1S/C24H29F2N5O3S/c1-27-28-24(34-18-23(25)26)20-9-7-19(8-10-20)15-31(21-5-3-2-4-6-21)35(32)30-13-11-29(12-14-30)22-16-33-17-22/h2-10,22-23H,1,11-18H2/b28-24-. The summed E-state index contributed by atoms with van der Waals surface area (Å²) in [6.07, 6.45) is -2.62. The molecule has 2 fully saturated rings. The topological polar surface area (TPSA) is 70.0 Å². The highest BCUT2D eigenvalue weighted by Gasteiger charge is 2.32. The zero-order chi connectivity index (χ0) is 24.6. The van der Waals surface area contributed by atoms with E-state index in [1.54, 1.807) is 12.1 Å². The molecule has 2 aromatic rings. The van der Waals surface area contributed by atoms with E-state index < -0.39 is 24.2 Å². The van der Waals surface area contributed by atoms with Crippen LogP contribution in [0, 0.1) is 0 Å². The highest BCUT2D eigenvalue weighted by Crippen LogP contribution is 2.23. The fourth-order valence-corrected chi connectivity index (χ4v) is 5.24. The number of anilines is 1. The molecule has 35 heavy (non-hydrogen) atoms. The highest BCUT2D eigenvalue weighted by atomic mass is 32.2. The van der Waals surface area contributed by atoms with Gasteiger partial charge < -0.3 is 9.47 Å². The summed E-state index contributed by atoms with van der Waals surface area (Å²) in [7, 11) is 0. The largest absolute Gasteiger partial charge is 0.470 e. The Hall–Kier alpha value is -2.73. The van der Waals surface area contributed by atoms with Crippen LogP contribution < -0.4 is 4.31 Å². The monoisotopic (exact) mass is 505 g/mol. The Morgan fingerprint density at radius 1 is 1.11 bits per heavy atom. The molecule has 0 N–H and O–H groups in total. The molecule has 0 aromatic heterocycles. The van der Waals surface area contributed by atoms with E-state index in [9.17, 15) is 13.0 Å². The molecular weight excluding hydrogens is 476 g/mol. The molecule has 0 amide bonds. The average molecular weight is 506 g/mol. The maximum absolute atomic E-state index is 13.7. The predicted octanol–water partition coefficient (Wildman–Crippen LogP) is 2.93. The number of hydrogen-bond acceptors (Lipinski definition) is 6. The molecule has 8 nitrogen and oxygen atoms in total. The van der Waals surface area contributed by atoms with Crippen LogP contribution in [0.25, 0.3) is 0 Å². The Bertz CT molecular complexity index is 1010.